The lowest BCUT2D eigenvalue weighted by atomic mass is 10.0. The fourth-order valence-corrected chi connectivity index (χ4v) is 1.13. The lowest BCUT2D eigenvalue weighted by Crippen LogP contribution is -2.20. The van der Waals surface area contributed by atoms with E-state index in [1.54, 1.807) is 0 Å². The van der Waals surface area contributed by atoms with Crippen LogP contribution in [0.3, 0.4) is 0 Å². The van der Waals surface area contributed by atoms with Crippen LogP contribution in [0.2, 0.25) is 0 Å². The van der Waals surface area contributed by atoms with Crippen molar-refractivity contribution in [3.05, 3.63) is 29.3 Å². The van der Waals surface area contributed by atoms with Crippen LogP contribution in [-0.2, 0) is 6.18 Å². The summed E-state index contributed by atoms with van der Waals surface area (Å²) in [5, 5.41) is 9.14. The van der Waals surface area contributed by atoms with Crippen molar-refractivity contribution in [2.24, 2.45) is 5.73 Å². The Kier molecular flexibility index (Phi) is 3.37. The van der Waals surface area contributed by atoms with Crippen molar-refractivity contribution in [2.45, 2.75) is 18.6 Å². The molecule has 0 radical (unpaired) electrons. The summed E-state index contributed by atoms with van der Waals surface area (Å²) in [4.78, 5) is 0. The molecule has 0 amide bonds. The molecule has 0 spiro atoms. The van der Waals surface area contributed by atoms with Crippen LogP contribution in [0.15, 0.2) is 18.2 Å². The number of alkyl halides is 5. The van der Waals surface area contributed by atoms with E-state index < -0.39 is 35.5 Å². The zero-order valence-corrected chi connectivity index (χ0v) is 7.80. The molecule has 3 N–H and O–H groups in total. The Morgan fingerprint density at radius 1 is 1.19 bits per heavy atom. The molecule has 0 heterocycles. The minimum atomic E-state index is -4.66. The predicted octanol–water partition coefficient (Wildman–Crippen LogP) is 2.68. The van der Waals surface area contributed by atoms with Gasteiger partial charge in [0.2, 0.25) is 0 Å². The van der Waals surface area contributed by atoms with Crippen LogP contribution in [-0.4, -0.2) is 11.5 Å². The molecule has 1 rings (SSSR count). The van der Waals surface area contributed by atoms with E-state index in [9.17, 15) is 22.0 Å². The minimum absolute atomic E-state index is 0.423. The maximum absolute atomic E-state index is 12.3. The molecule has 0 bridgehead atoms. The SMILES string of the molecule is N[C@@H](c1cc(C(F)(F)F)ccc1O)C(F)F. The van der Waals surface area contributed by atoms with E-state index in [-0.39, 0.29) is 0 Å². The molecule has 0 saturated heterocycles. The number of hydrogen-bond acceptors (Lipinski definition) is 2. The highest BCUT2D eigenvalue weighted by Crippen LogP contribution is 2.35. The summed E-state index contributed by atoms with van der Waals surface area (Å²) >= 11 is 0. The van der Waals surface area contributed by atoms with Crippen molar-refractivity contribution in [1.82, 2.24) is 0 Å². The third kappa shape index (κ3) is 2.60. The van der Waals surface area contributed by atoms with Gasteiger partial charge in [-0.1, -0.05) is 0 Å². The summed E-state index contributed by atoms with van der Waals surface area (Å²) in [6.07, 6.45) is -7.71. The zero-order chi connectivity index (χ0) is 12.5. The largest absolute Gasteiger partial charge is 0.508 e. The average molecular weight is 241 g/mol. The topological polar surface area (TPSA) is 46.2 Å². The van der Waals surface area contributed by atoms with E-state index in [4.69, 9.17) is 10.8 Å². The molecule has 16 heavy (non-hydrogen) atoms. The third-order valence-electron chi connectivity index (χ3n) is 1.99. The molecule has 1 aromatic rings. The number of benzene rings is 1. The highest BCUT2D eigenvalue weighted by molar-refractivity contribution is 5.39. The monoisotopic (exact) mass is 241 g/mol. The van der Waals surface area contributed by atoms with E-state index in [0.29, 0.717) is 18.2 Å². The van der Waals surface area contributed by atoms with Crippen LogP contribution in [0.1, 0.15) is 17.2 Å². The van der Waals surface area contributed by atoms with Gasteiger partial charge < -0.3 is 10.8 Å². The number of phenols is 1. The smallest absolute Gasteiger partial charge is 0.416 e. The summed E-state index contributed by atoms with van der Waals surface area (Å²) in [5.41, 5.74) is 3.22. The van der Waals surface area contributed by atoms with E-state index >= 15 is 0 Å². The van der Waals surface area contributed by atoms with E-state index in [0.717, 1.165) is 0 Å². The maximum Gasteiger partial charge on any atom is 0.416 e. The van der Waals surface area contributed by atoms with E-state index in [1.165, 1.54) is 0 Å². The van der Waals surface area contributed by atoms with Gasteiger partial charge in [0.25, 0.3) is 6.43 Å². The first-order valence-electron chi connectivity index (χ1n) is 4.17. The van der Waals surface area contributed by atoms with Gasteiger partial charge in [0.1, 0.15) is 5.75 Å². The molecule has 1 atom stereocenters. The minimum Gasteiger partial charge on any atom is -0.508 e. The van der Waals surface area contributed by atoms with Gasteiger partial charge in [0.15, 0.2) is 0 Å². The molecule has 0 aliphatic rings. The van der Waals surface area contributed by atoms with Crippen LogP contribution in [0.25, 0.3) is 0 Å². The molecule has 0 aliphatic heterocycles. The molecule has 0 fully saturated rings. The van der Waals surface area contributed by atoms with Gasteiger partial charge >= 0.3 is 6.18 Å². The van der Waals surface area contributed by atoms with Gasteiger partial charge in [-0.25, -0.2) is 8.78 Å². The maximum atomic E-state index is 12.3. The standard InChI is InChI=1S/C9H8F5NO/c10-8(11)7(15)5-3-4(9(12,13)14)1-2-6(5)16/h1-3,7-8,16H,15H2/t7-/m0/s1. The Bertz CT molecular complexity index is 377. The number of aromatic hydroxyl groups is 1. The summed E-state index contributed by atoms with van der Waals surface area (Å²) in [6, 6.07) is -0.230. The summed E-state index contributed by atoms with van der Waals surface area (Å²) in [6.45, 7) is 0. The number of rotatable bonds is 2. The van der Waals surface area contributed by atoms with Crippen molar-refractivity contribution < 1.29 is 27.1 Å². The number of phenolic OH excluding ortho intramolecular Hbond substituents is 1. The van der Waals surface area contributed by atoms with Gasteiger partial charge in [-0.3, -0.25) is 0 Å². The Labute approximate surface area is 87.5 Å². The van der Waals surface area contributed by atoms with Crippen LogP contribution < -0.4 is 5.73 Å². The highest BCUT2D eigenvalue weighted by atomic mass is 19.4. The second-order valence-electron chi connectivity index (χ2n) is 3.13. The zero-order valence-electron chi connectivity index (χ0n) is 7.80. The summed E-state index contributed by atoms with van der Waals surface area (Å²) < 4.78 is 61.2. The first kappa shape index (κ1) is 12.7. The third-order valence-corrected chi connectivity index (χ3v) is 1.99. The van der Waals surface area contributed by atoms with E-state index in [1.807, 2.05) is 0 Å². The molecule has 0 aliphatic carbocycles. The van der Waals surface area contributed by atoms with Gasteiger partial charge in [-0.2, -0.15) is 13.2 Å². The molecule has 0 unspecified atom stereocenters. The van der Waals surface area contributed by atoms with Crippen molar-refractivity contribution in [3.8, 4) is 5.75 Å². The first-order valence-corrected chi connectivity index (χ1v) is 4.17. The normalized spacial score (nSPS) is 14.2. The second-order valence-corrected chi connectivity index (χ2v) is 3.13. The fraction of sp³-hybridized carbons (Fsp3) is 0.333. The van der Waals surface area contributed by atoms with Gasteiger partial charge in [-0.05, 0) is 18.2 Å². The summed E-state index contributed by atoms with van der Waals surface area (Å²) in [5.74, 6) is -0.680. The fourth-order valence-electron chi connectivity index (χ4n) is 1.13. The Balaban J connectivity index is 3.19. The van der Waals surface area contributed by atoms with Crippen molar-refractivity contribution in [2.75, 3.05) is 0 Å². The molecule has 7 heteroatoms. The lowest BCUT2D eigenvalue weighted by molar-refractivity contribution is -0.137. The Hall–Kier alpha value is -1.37. The van der Waals surface area contributed by atoms with Crippen LogP contribution in [0.5, 0.6) is 5.75 Å². The van der Waals surface area contributed by atoms with Crippen molar-refractivity contribution in [1.29, 1.82) is 0 Å². The Morgan fingerprint density at radius 2 is 1.75 bits per heavy atom. The average Bonchev–Trinajstić information content (AvgIpc) is 2.15. The van der Waals surface area contributed by atoms with Gasteiger partial charge in [0, 0.05) is 5.56 Å². The first-order chi connectivity index (χ1) is 7.23. The molecule has 0 saturated carbocycles. The molecule has 2 nitrogen and oxygen atoms in total. The number of hydrogen-bond donors (Lipinski definition) is 2. The number of nitrogens with two attached hydrogens (primary N) is 1. The summed E-state index contributed by atoms with van der Waals surface area (Å²) in [7, 11) is 0. The van der Waals surface area contributed by atoms with Gasteiger partial charge in [-0.15, -0.1) is 0 Å². The van der Waals surface area contributed by atoms with Crippen molar-refractivity contribution >= 4 is 0 Å². The molecule has 1 aromatic carbocycles. The van der Waals surface area contributed by atoms with Crippen LogP contribution >= 0.6 is 0 Å². The van der Waals surface area contributed by atoms with Crippen LogP contribution in [0, 0.1) is 0 Å². The molecule has 90 valence electrons. The number of halogens is 5. The van der Waals surface area contributed by atoms with Crippen molar-refractivity contribution in [3.63, 3.8) is 0 Å². The lowest BCUT2D eigenvalue weighted by Gasteiger charge is -2.15. The molecular weight excluding hydrogens is 233 g/mol. The van der Waals surface area contributed by atoms with E-state index in [2.05, 4.69) is 0 Å². The molecule has 0 aromatic heterocycles. The quantitative estimate of drug-likeness (QED) is 0.782. The van der Waals surface area contributed by atoms with Gasteiger partial charge in [0.05, 0.1) is 11.6 Å². The second kappa shape index (κ2) is 4.25. The Morgan fingerprint density at radius 3 is 2.19 bits per heavy atom. The van der Waals surface area contributed by atoms with Crippen LogP contribution in [0.4, 0.5) is 22.0 Å². The predicted molar refractivity (Wildman–Crippen MR) is 46.0 cm³/mol. The molecular formula is C9H8F5NO. The highest BCUT2D eigenvalue weighted by Gasteiger charge is 2.32.